The second-order valence-electron chi connectivity index (χ2n) is 12.0. The van der Waals surface area contributed by atoms with Crippen LogP contribution in [0.5, 0.6) is 0 Å². The van der Waals surface area contributed by atoms with Gasteiger partial charge in [0.25, 0.3) is 5.92 Å². The van der Waals surface area contributed by atoms with E-state index in [-0.39, 0.29) is 22.7 Å². The van der Waals surface area contributed by atoms with Crippen molar-refractivity contribution in [3.63, 3.8) is 0 Å². The van der Waals surface area contributed by atoms with Gasteiger partial charge in [-0.1, -0.05) is 39.3 Å². The Morgan fingerprint density at radius 1 is 1.13 bits per heavy atom. The molecule has 30 heavy (non-hydrogen) atoms. The van der Waals surface area contributed by atoms with Crippen LogP contribution >= 0.6 is 0 Å². The predicted molar refractivity (Wildman–Crippen MR) is 116 cm³/mol. The van der Waals surface area contributed by atoms with E-state index in [4.69, 9.17) is 0 Å². The van der Waals surface area contributed by atoms with Gasteiger partial charge < -0.3 is 10.2 Å². The van der Waals surface area contributed by atoms with E-state index in [0.717, 1.165) is 64.7 Å². The number of aliphatic hydroxyl groups is 2. The highest BCUT2D eigenvalue weighted by Gasteiger charge is 2.61. The summed E-state index contributed by atoms with van der Waals surface area (Å²) in [4.78, 5) is 0. The van der Waals surface area contributed by atoms with E-state index in [9.17, 15) is 19.0 Å². The van der Waals surface area contributed by atoms with Crippen molar-refractivity contribution in [2.24, 2.45) is 40.4 Å². The van der Waals surface area contributed by atoms with Gasteiger partial charge in [0.05, 0.1) is 5.60 Å². The first kappa shape index (κ1) is 22.7. The lowest BCUT2D eigenvalue weighted by Gasteiger charge is -2.59. The number of allylic oxidation sites excluding steroid dienone is 1. The molecule has 172 valence electrons. The largest absolute Gasteiger partial charge is 0.390 e. The molecule has 0 aromatic heterocycles. The molecule has 0 unspecified atom stereocenters. The normalized spacial score (nSPS) is 48.2. The van der Waals surface area contributed by atoms with Crippen LogP contribution in [-0.2, 0) is 0 Å². The number of halogens is 2. The Bertz CT molecular complexity index is 700. The fraction of sp³-hybridized carbons (Fsp3) is 0.923. The second kappa shape index (κ2) is 7.27. The Hall–Kier alpha value is -0.480. The Kier molecular flexibility index (Phi) is 5.50. The lowest BCUT2D eigenvalue weighted by atomic mass is 9.46. The number of hydrogen-bond donors (Lipinski definition) is 2. The SMILES string of the molecule is CC[C@]1(O)CC[C@@]2(C)C(=CC[C@H]3[C@@H]4CC[C@H]([C@H](C)[C@H](O)C(C)(F)F)[C@@]4(C)CC[C@@H]32)C1. The van der Waals surface area contributed by atoms with Gasteiger partial charge in [-0.3, -0.25) is 0 Å². The molecule has 4 rings (SSSR count). The Balaban J connectivity index is 1.58. The molecular formula is C26H42F2O2. The lowest BCUT2D eigenvalue weighted by molar-refractivity contribution is -0.140. The summed E-state index contributed by atoms with van der Waals surface area (Å²) in [6.45, 7) is 9.56. The summed E-state index contributed by atoms with van der Waals surface area (Å²) in [5.74, 6) is -1.44. The Labute approximate surface area is 181 Å². The minimum Gasteiger partial charge on any atom is -0.390 e. The van der Waals surface area contributed by atoms with Crippen LogP contribution in [-0.4, -0.2) is 27.8 Å². The number of alkyl halides is 2. The van der Waals surface area contributed by atoms with Crippen LogP contribution in [0.3, 0.4) is 0 Å². The van der Waals surface area contributed by atoms with Gasteiger partial charge in [0, 0.05) is 6.92 Å². The summed E-state index contributed by atoms with van der Waals surface area (Å²) >= 11 is 0. The number of hydrogen-bond acceptors (Lipinski definition) is 2. The molecule has 3 saturated carbocycles. The molecule has 0 aliphatic heterocycles. The van der Waals surface area contributed by atoms with Gasteiger partial charge >= 0.3 is 0 Å². The van der Waals surface area contributed by atoms with E-state index in [2.05, 4.69) is 26.8 Å². The molecule has 2 nitrogen and oxygen atoms in total. The summed E-state index contributed by atoms with van der Waals surface area (Å²) < 4.78 is 27.8. The first-order valence-corrected chi connectivity index (χ1v) is 12.3. The van der Waals surface area contributed by atoms with Crippen molar-refractivity contribution >= 4 is 0 Å². The van der Waals surface area contributed by atoms with Gasteiger partial charge in [0.1, 0.15) is 6.10 Å². The van der Waals surface area contributed by atoms with Crippen molar-refractivity contribution in [3.8, 4) is 0 Å². The highest BCUT2D eigenvalue weighted by atomic mass is 19.3. The third kappa shape index (κ3) is 3.31. The number of rotatable bonds is 4. The zero-order valence-electron chi connectivity index (χ0n) is 19.6. The third-order valence-corrected chi connectivity index (χ3v) is 10.6. The van der Waals surface area contributed by atoms with Crippen LogP contribution < -0.4 is 0 Å². The summed E-state index contributed by atoms with van der Waals surface area (Å²) in [6.07, 6.45) is 9.84. The minimum atomic E-state index is -3.04. The molecule has 4 aliphatic rings. The molecule has 0 aromatic carbocycles. The predicted octanol–water partition coefficient (Wildman–Crippen LogP) is 6.36. The second-order valence-corrected chi connectivity index (χ2v) is 12.0. The van der Waals surface area contributed by atoms with E-state index >= 15 is 0 Å². The van der Waals surface area contributed by atoms with Crippen molar-refractivity contribution in [2.75, 3.05) is 0 Å². The molecule has 3 fully saturated rings. The highest BCUT2D eigenvalue weighted by molar-refractivity contribution is 5.27. The van der Waals surface area contributed by atoms with E-state index in [1.165, 1.54) is 5.57 Å². The zero-order chi connectivity index (χ0) is 22.1. The quantitative estimate of drug-likeness (QED) is 0.516. The number of fused-ring (bicyclic) bond motifs is 5. The fourth-order valence-corrected chi connectivity index (χ4v) is 8.60. The molecule has 2 N–H and O–H groups in total. The minimum absolute atomic E-state index is 0.0489. The van der Waals surface area contributed by atoms with Crippen molar-refractivity contribution in [2.45, 2.75) is 110 Å². The average Bonchev–Trinajstić information content (AvgIpc) is 3.04. The molecule has 0 amide bonds. The first-order valence-electron chi connectivity index (χ1n) is 12.3. The highest BCUT2D eigenvalue weighted by Crippen LogP contribution is 2.68. The van der Waals surface area contributed by atoms with Crippen LogP contribution in [0.15, 0.2) is 11.6 Å². The van der Waals surface area contributed by atoms with Gasteiger partial charge in [-0.25, -0.2) is 8.78 Å². The fourth-order valence-electron chi connectivity index (χ4n) is 8.60. The molecule has 9 atom stereocenters. The topological polar surface area (TPSA) is 40.5 Å². The molecule has 0 saturated heterocycles. The summed E-state index contributed by atoms with van der Waals surface area (Å²) in [5.41, 5.74) is 1.18. The maximum absolute atomic E-state index is 13.9. The molecule has 0 aromatic rings. The maximum atomic E-state index is 13.9. The van der Waals surface area contributed by atoms with E-state index in [1.807, 2.05) is 6.92 Å². The van der Waals surface area contributed by atoms with Crippen molar-refractivity contribution in [1.82, 2.24) is 0 Å². The van der Waals surface area contributed by atoms with Crippen LogP contribution in [0, 0.1) is 40.4 Å². The third-order valence-electron chi connectivity index (χ3n) is 10.6. The summed E-state index contributed by atoms with van der Waals surface area (Å²) in [6, 6.07) is 0. The summed E-state index contributed by atoms with van der Waals surface area (Å²) in [5, 5.41) is 21.2. The van der Waals surface area contributed by atoms with Crippen LogP contribution in [0.25, 0.3) is 0 Å². The summed E-state index contributed by atoms with van der Waals surface area (Å²) in [7, 11) is 0. The average molecular weight is 425 g/mol. The van der Waals surface area contributed by atoms with Crippen molar-refractivity contribution < 1.29 is 19.0 Å². The van der Waals surface area contributed by atoms with E-state index in [1.54, 1.807) is 0 Å². The molecule has 0 spiro atoms. The van der Waals surface area contributed by atoms with Crippen LogP contribution in [0.2, 0.25) is 0 Å². The van der Waals surface area contributed by atoms with Crippen molar-refractivity contribution in [1.29, 1.82) is 0 Å². The van der Waals surface area contributed by atoms with Crippen molar-refractivity contribution in [3.05, 3.63) is 11.6 Å². The van der Waals surface area contributed by atoms with Gasteiger partial charge in [0.15, 0.2) is 0 Å². The molecule has 0 radical (unpaired) electrons. The zero-order valence-corrected chi connectivity index (χ0v) is 19.6. The molecule has 4 heteroatoms. The molecule has 0 bridgehead atoms. The number of aliphatic hydroxyl groups excluding tert-OH is 1. The van der Waals surface area contributed by atoms with Gasteiger partial charge in [-0.05, 0) is 98.2 Å². The van der Waals surface area contributed by atoms with E-state index in [0.29, 0.717) is 17.8 Å². The molecule has 4 aliphatic carbocycles. The van der Waals surface area contributed by atoms with Gasteiger partial charge in [-0.15, -0.1) is 0 Å². The monoisotopic (exact) mass is 424 g/mol. The lowest BCUT2D eigenvalue weighted by Crippen LogP contribution is -2.53. The Morgan fingerprint density at radius 3 is 2.47 bits per heavy atom. The molecular weight excluding hydrogens is 382 g/mol. The smallest absolute Gasteiger partial charge is 0.270 e. The van der Waals surface area contributed by atoms with Gasteiger partial charge in [0.2, 0.25) is 0 Å². The van der Waals surface area contributed by atoms with Crippen LogP contribution in [0.1, 0.15) is 92.4 Å². The van der Waals surface area contributed by atoms with E-state index < -0.39 is 17.6 Å². The first-order chi connectivity index (χ1) is 13.9. The molecule has 0 heterocycles. The maximum Gasteiger partial charge on any atom is 0.270 e. The Morgan fingerprint density at radius 2 is 1.83 bits per heavy atom. The van der Waals surface area contributed by atoms with Gasteiger partial charge in [-0.2, -0.15) is 0 Å². The standard InChI is InChI=1S/C26H42F2O2/c1-6-26(30)14-13-23(3)17(15-26)7-8-18-20-10-9-19(16(2)22(29)25(5,27)28)24(20,4)12-11-21(18)23/h7,16,18-22,29-30H,6,8-15H2,1-5H3/t16-,18-,19+,20-,21-,22-,23-,24+,26-/m0/s1. The van der Waals surface area contributed by atoms with Crippen LogP contribution in [0.4, 0.5) is 8.78 Å².